The molecular formula is C23H15Cl2FN2O3. The molecule has 2 aliphatic rings. The van der Waals surface area contributed by atoms with Crippen LogP contribution in [0.1, 0.15) is 11.6 Å². The minimum absolute atomic E-state index is 0.293. The summed E-state index contributed by atoms with van der Waals surface area (Å²) in [4.78, 5) is 33.7. The maximum atomic E-state index is 13.5. The molecule has 2 fully saturated rings. The third kappa shape index (κ3) is 3.28. The van der Waals surface area contributed by atoms with Gasteiger partial charge in [0.05, 0.1) is 17.4 Å². The van der Waals surface area contributed by atoms with Crippen LogP contribution >= 0.6 is 23.2 Å². The molecule has 2 heterocycles. The first-order valence-corrected chi connectivity index (χ1v) is 10.3. The van der Waals surface area contributed by atoms with Crippen molar-refractivity contribution in [3.8, 4) is 0 Å². The SMILES string of the molecule is O=C1[C@@H]2[C@@H](ON(c3ccccc3)[C@H]2c2ccc(Cl)cc2Cl)C(=O)N1c1ccc(F)cc1. The number of imide groups is 1. The Morgan fingerprint density at radius 1 is 0.839 bits per heavy atom. The van der Waals surface area contributed by atoms with E-state index in [9.17, 15) is 14.0 Å². The Hall–Kier alpha value is -2.93. The van der Waals surface area contributed by atoms with E-state index < -0.39 is 35.7 Å². The zero-order chi connectivity index (χ0) is 21.7. The summed E-state index contributed by atoms with van der Waals surface area (Å²) in [5.41, 5.74) is 1.59. The van der Waals surface area contributed by atoms with E-state index in [-0.39, 0.29) is 0 Å². The van der Waals surface area contributed by atoms with Crippen LogP contribution in [-0.4, -0.2) is 17.9 Å². The number of hydrogen-bond donors (Lipinski definition) is 0. The Balaban J connectivity index is 1.61. The van der Waals surface area contributed by atoms with Crippen LogP contribution in [0.25, 0.3) is 0 Å². The number of halogens is 3. The number of carbonyl (C=O) groups is 2. The molecule has 5 rings (SSSR count). The van der Waals surface area contributed by atoms with E-state index in [2.05, 4.69) is 0 Å². The minimum atomic E-state index is -1.03. The molecule has 3 aromatic carbocycles. The van der Waals surface area contributed by atoms with Gasteiger partial charge in [0, 0.05) is 10.0 Å². The van der Waals surface area contributed by atoms with Crippen LogP contribution in [0.3, 0.4) is 0 Å². The summed E-state index contributed by atoms with van der Waals surface area (Å²) >= 11 is 12.6. The number of hydrogen-bond acceptors (Lipinski definition) is 4. The third-order valence-electron chi connectivity index (χ3n) is 5.49. The molecule has 0 aliphatic carbocycles. The fraction of sp³-hybridized carbons (Fsp3) is 0.130. The number of nitrogens with zero attached hydrogens (tertiary/aromatic N) is 2. The highest BCUT2D eigenvalue weighted by Crippen LogP contribution is 2.49. The average molecular weight is 457 g/mol. The molecule has 31 heavy (non-hydrogen) atoms. The highest BCUT2D eigenvalue weighted by atomic mass is 35.5. The number of benzene rings is 3. The Labute approximate surface area is 187 Å². The lowest BCUT2D eigenvalue weighted by Gasteiger charge is -2.29. The van der Waals surface area contributed by atoms with Gasteiger partial charge in [-0.2, -0.15) is 0 Å². The predicted octanol–water partition coefficient (Wildman–Crippen LogP) is 5.18. The Morgan fingerprint density at radius 2 is 1.55 bits per heavy atom. The van der Waals surface area contributed by atoms with Crippen molar-refractivity contribution >= 4 is 46.4 Å². The zero-order valence-electron chi connectivity index (χ0n) is 15.9. The smallest absolute Gasteiger partial charge is 0.266 e. The molecule has 2 saturated heterocycles. The lowest BCUT2D eigenvalue weighted by molar-refractivity contribution is -0.126. The largest absolute Gasteiger partial charge is 0.273 e. The quantitative estimate of drug-likeness (QED) is 0.509. The maximum Gasteiger partial charge on any atom is 0.266 e. The number of rotatable bonds is 3. The van der Waals surface area contributed by atoms with Crippen LogP contribution in [0, 0.1) is 11.7 Å². The van der Waals surface area contributed by atoms with Crippen LogP contribution < -0.4 is 9.96 Å². The molecule has 0 saturated carbocycles. The number of amides is 2. The molecule has 2 aliphatic heterocycles. The van der Waals surface area contributed by atoms with Crippen molar-refractivity contribution in [3.05, 3.63) is 94.2 Å². The number of fused-ring (bicyclic) bond motifs is 1. The molecular weight excluding hydrogens is 442 g/mol. The second kappa shape index (κ2) is 7.64. The monoisotopic (exact) mass is 456 g/mol. The van der Waals surface area contributed by atoms with Gasteiger partial charge in [-0.05, 0) is 54.1 Å². The fourth-order valence-electron chi connectivity index (χ4n) is 4.12. The highest BCUT2D eigenvalue weighted by molar-refractivity contribution is 6.35. The number of hydroxylamine groups is 1. The van der Waals surface area contributed by atoms with E-state index in [0.717, 1.165) is 4.90 Å². The number of para-hydroxylation sites is 1. The summed E-state index contributed by atoms with van der Waals surface area (Å²) in [7, 11) is 0. The molecule has 8 heteroatoms. The van der Waals surface area contributed by atoms with Crippen molar-refractivity contribution in [2.45, 2.75) is 12.1 Å². The van der Waals surface area contributed by atoms with Gasteiger partial charge in [0.2, 0.25) is 5.91 Å². The predicted molar refractivity (Wildman–Crippen MR) is 115 cm³/mol. The fourth-order valence-corrected chi connectivity index (χ4v) is 4.64. The van der Waals surface area contributed by atoms with Crippen LogP contribution in [0.2, 0.25) is 10.0 Å². The highest BCUT2D eigenvalue weighted by Gasteiger charge is 2.60. The van der Waals surface area contributed by atoms with Gasteiger partial charge >= 0.3 is 0 Å². The summed E-state index contributed by atoms with van der Waals surface area (Å²) in [6.45, 7) is 0. The van der Waals surface area contributed by atoms with E-state index in [1.807, 2.05) is 30.3 Å². The van der Waals surface area contributed by atoms with Gasteiger partial charge in [0.15, 0.2) is 6.10 Å². The van der Waals surface area contributed by atoms with E-state index in [1.54, 1.807) is 23.3 Å². The zero-order valence-corrected chi connectivity index (χ0v) is 17.4. The normalized spacial score (nSPS) is 22.9. The molecule has 0 bridgehead atoms. The van der Waals surface area contributed by atoms with Crippen molar-refractivity contribution in [2.24, 2.45) is 5.92 Å². The van der Waals surface area contributed by atoms with Gasteiger partial charge in [-0.15, -0.1) is 0 Å². The molecule has 0 aromatic heterocycles. The first kappa shape index (κ1) is 20.0. The second-order valence-electron chi connectivity index (χ2n) is 7.31. The van der Waals surface area contributed by atoms with E-state index in [0.29, 0.717) is 27.0 Å². The van der Waals surface area contributed by atoms with Crippen molar-refractivity contribution in [3.63, 3.8) is 0 Å². The van der Waals surface area contributed by atoms with Gasteiger partial charge in [0.1, 0.15) is 11.7 Å². The summed E-state index contributed by atoms with van der Waals surface area (Å²) in [6.07, 6.45) is -1.03. The Bertz CT molecular complexity index is 1170. The van der Waals surface area contributed by atoms with Gasteiger partial charge in [-0.25, -0.2) is 14.4 Å². The van der Waals surface area contributed by atoms with Gasteiger partial charge < -0.3 is 0 Å². The topological polar surface area (TPSA) is 49.9 Å². The van der Waals surface area contributed by atoms with Crippen LogP contribution in [0.5, 0.6) is 0 Å². The Kier molecular flexibility index (Phi) is 4.93. The summed E-state index contributed by atoms with van der Waals surface area (Å²) < 4.78 is 13.4. The lowest BCUT2D eigenvalue weighted by Crippen LogP contribution is -2.37. The minimum Gasteiger partial charge on any atom is -0.273 e. The number of anilines is 2. The van der Waals surface area contributed by atoms with Crippen LogP contribution in [0.15, 0.2) is 72.8 Å². The van der Waals surface area contributed by atoms with E-state index in [4.69, 9.17) is 28.0 Å². The summed E-state index contributed by atoms with van der Waals surface area (Å²) in [5.74, 6) is -2.23. The molecule has 0 radical (unpaired) electrons. The van der Waals surface area contributed by atoms with Crippen LogP contribution in [-0.2, 0) is 14.4 Å². The summed E-state index contributed by atoms with van der Waals surface area (Å²) in [5, 5.41) is 2.38. The van der Waals surface area contributed by atoms with Gasteiger partial charge in [-0.3, -0.25) is 14.4 Å². The van der Waals surface area contributed by atoms with E-state index in [1.165, 1.54) is 24.3 Å². The van der Waals surface area contributed by atoms with Crippen molar-refractivity contribution in [1.29, 1.82) is 0 Å². The number of carbonyl (C=O) groups excluding carboxylic acids is 2. The van der Waals surface area contributed by atoms with Crippen molar-refractivity contribution in [2.75, 3.05) is 9.96 Å². The first-order valence-electron chi connectivity index (χ1n) is 9.55. The van der Waals surface area contributed by atoms with Gasteiger partial charge in [-0.1, -0.05) is 47.5 Å². The molecule has 0 spiro atoms. The molecule has 3 atom stereocenters. The van der Waals surface area contributed by atoms with Crippen LogP contribution in [0.4, 0.5) is 15.8 Å². The molecule has 0 N–H and O–H groups in total. The second-order valence-corrected chi connectivity index (χ2v) is 8.16. The van der Waals surface area contributed by atoms with Crippen molar-refractivity contribution < 1.29 is 18.8 Å². The molecule has 156 valence electrons. The average Bonchev–Trinajstić information content (AvgIpc) is 3.26. The van der Waals surface area contributed by atoms with Crippen molar-refractivity contribution in [1.82, 2.24) is 0 Å². The maximum absolute atomic E-state index is 13.5. The molecule has 2 amide bonds. The summed E-state index contributed by atoms with van der Waals surface area (Å²) in [6, 6.07) is 18.7. The lowest BCUT2D eigenvalue weighted by atomic mass is 9.90. The standard InChI is InChI=1S/C23H15Cl2FN2O3/c24-13-6-11-17(18(25)12-13)20-19-21(31-28(20)16-4-2-1-3-5-16)23(30)27(22(19)29)15-9-7-14(26)8-10-15/h1-12,19-21H/t19-,20-,21+/m0/s1. The Morgan fingerprint density at radius 3 is 2.23 bits per heavy atom. The molecule has 0 unspecified atom stereocenters. The first-order chi connectivity index (χ1) is 15.0. The van der Waals surface area contributed by atoms with Gasteiger partial charge in [0.25, 0.3) is 5.91 Å². The molecule has 3 aromatic rings. The molecule has 5 nitrogen and oxygen atoms in total. The third-order valence-corrected chi connectivity index (χ3v) is 6.05. The van der Waals surface area contributed by atoms with E-state index >= 15 is 0 Å².